The summed E-state index contributed by atoms with van der Waals surface area (Å²) in [5, 5.41) is 0. The van der Waals surface area contributed by atoms with E-state index in [0.717, 1.165) is 0 Å². The zero-order valence-corrected chi connectivity index (χ0v) is 11.5. The SMILES string of the molecule is CN(c1ccccc1)S(=O)(=O)Cc1ccccc1N. The monoisotopic (exact) mass is 276 g/mol. The smallest absolute Gasteiger partial charge is 0.239 e. The van der Waals surface area contributed by atoms with E-state index in [4.69, 9.17) is 5.73 Å². The van der Waals surface area contributed by atoms with Gasteiger partial charge in [-0.05, 0) is 23.8 Å². The molecule has 0 saturated carbocycles. The maximum atomic E-state index is 12.3. The number of rotatable bonds is 4. The van der Waals surface area contributed by atoms with Crippen molar-refractivity contribution in [2.75, 3.05) is 17.1 Å². The molecule has 0 fully saturated rings. The fraction of sp³-hybridized carbons (Fsp3) is 0.143. The van der Waals surface area contributed by atoms with Crippen molar-refractivity contribution in [3.63, 3.8) is 0 Å². The predicted octanol–water partition coefficient (Wildman–Crippen LogP) is 2.24. The molecule has 2 N–H and O–H groups in total. The lowest BCUT2D eigenvalue weighted by Gasteiger charge is -2.19. The van der Waals surface area contributed by atoms with Gasteiger partial charge in [-0.3, -0.25) is 4.31 Å². The summed E-state index contributed by atoms with van der Waals surface area (Å²) in [5.74, 6) is -0.106. The molecule has 100 valence electrons. The predicted molar refractivity (Wildman–Crippen MR) is 78.3 cm³/mol. The van der Waals surface area contributed by atoms with Gasteiger partial charge in [-0.25, -0.2) is 8.42 Å². The fourth-order valence-electron chi connectivity index (χ4n) is 1.76. The molecule has 2 aromatic rings. The molecule has 0 aliphatic rings. The highest BCUT2D eigenvalue weighted by molar-refractivity contribution is 7.92. The van der Waals surface area contributed by atoms with Crippen LogP contribution in [0.1, 0.15) is 5.56 Å². The lowest BCUT2D eigenvalue weighted by molar-refractivity contribution is 0.593. The number of sulfonamides is 1. The standard InChI is InChI=1S/C14H16N2O2S/c1-16(13-8-3-2-4-9-13)19(17,18)11-12-7-5-6-10-14(12)15/h2-10H,11,15H2,1H3. The van der Waals surface area contributed by atoms with E-state index in [9.17, 15) is 8.42 Å². The zero-order chi connectivity index (χ0) is 13.9. The van der Waals surface area contributed by atoms with Gasteiger partial charge in [0.05, 0.1) is 11.4 Å². The van der Waals surface area contributed by atoms with Gasteiger partial charge in [0.25, 0.3) is 0 Å². The Kier molecular flexibility index (Phi) is 3.76. The molecule has 0 heterocycles. The average molecular weight is 276 g/mol. The maximum absolute atomic E-state index is 12.3. The van der Waals surface area contributed by atoms with Crippen molar-refractivity contribution in [2.45, 2.75) is 5.75 Å². The molecular formula is C14H16N2O2S. The first kappa shape index (κ1) is 13.4. The van der Waals surface area contributed by atoms with Gasteiger partial charge in [-0.1, -0.05) is 36.4 Å². The van der Waals surface area contributed by atoms with Crippen LogP contribution in [0.4, 0.5) is 11.4 Å². The normalized spacial score (nSPS) is 11.2. The molecule has 0 amide bonds. The van der Waals surface area contributed by atoms with Crippen LogP contribution in [-0.4, -0.2) is 15.5 Å². The van der Waals surface area contributed by atoms with Crippen molar-refractivity contribution >= 4 is 21.4 Å². The minimum absolute atomic E-state index is 0.106. The highest BCUT2D eigenvalue weighted by atomic mass is 32.2. The summed E-state index contributed by atoms with van der Waals surface area (Å²) in [6.07, 6.45) is 0. The number of hydrogen-bond acceptors (Lipinski definition) is 3. The molecule has 0 atom stereocenters. The Morgan fingerprint density at radius 3 is 2.21 bits per heavy atom. The molecule has 5 heteroatoms. The van der Waals surface area contributed by atoms with E-state index in [1.54, 1.807) is 55.6 Å². The molecule has 0 aliphatic carbocycles. The molecule has 0 aromatic heterocycles. The molecule has 0 saturated heterocycles. The summed E-state index contributed by atoms with van der Waals surface area (Å²) in [6, 6.07) is 16.0. The van der Waals surface area contributed by atoms with Gasteiger partial charge in [0, 0.05) is 12.7 Å². The quantitative estimate of drug-likeness (QED) is 0.871. The second-order valence-electron chi connectivity index (χ2n) is 4.26. The van der Waals surface area contributed by atoms with E-state index in [-0.39, 0.29) is 5.75 Å². The Labute approximate surface area is 113 Å². The Bertz CT molecular complexity index is 654. The molecule has 0 bridgehead atoms. The van der Waals surface area contributed by atoms with Crippen molar-refractivity contribution in [1.29, 1.82) is 0 Å². The first-order valence-corrected chi connectivity index (χ1v) is 7.46. The summed E-state index contributed by atoms with van der Waals surface area (Å²) in [7, 11) is -1.89. The van der Waals surface area contributed by atoms with E-state index < -0.39 is 10.0 Å². The Balaban J connectivity index is 2.27. The van der Waals surface area contributed by atoms with E-state index >= 15 is 0 Å². The number of nitrogens with two attached hydrogens (primary N) is 1. The number of para-hydroxylation sites is 2. The molecular weight excluding hydrogens is 260 g/mol. The van der Waals surface area contributed by atoms with Crippen LogP contribution in [0.3, 0.4) is 0 Å². The van der Waals surface area contributed by atoms with Crippen LogP contribution in [0, 0.1) is 0 Å². The van der Waals surface area contributed by atoms with Crippen LogP contribution >= 0.6 is 0 Å². The highest BCUT2D eigenvalue weighted by Crippen LogP contribution is 2.20. The van der Waals surface area contributed by atoms with Crippen molar-refractivity contribution in [3.8, 4) is 0 Å². The van der Waals surface area contributed by atoms with E-state index in [0.29, 0.717) is 16.9 Å². The third kappa shape index (κ3) is 3.06. The third-order valence-corrected chi connectivity index (χ3v) is 4.65. The number of nitrogens with zero attached hydrogens (tertiary/aromatic N) is 1. The Hall–Kier alpha value is -2.01. The molecule has 0 spiro atoms. The summed E-state index contributed by atoms with van der Waals surface area (Å²) in [5.41, 5.74) is 7.53. The Morgan fingerprint density at radius 2 is 1.58 bits per heavy atom. The van der Waals surface area contributed by atoms with Crippen LogP contribution in [0.25, 0.3) is 0 Å². The highest BCUT2D eigenvalue weighted by Gasteiger charge is 2.19. The summed E-state index contributed by atoms with van der Waals surface area (Å²) >= 11 is 0. The first-order valence-electron chi connectivity index (χ1n) is 5.86. The van der Waals surface area contributed by atoms with Crippen molar-refractivity contribution in [3.05, 3.63) is 60.2 Å². The second kappa shape index (κ2) is 5.32. The van der Waals surface area contributed by atoms with Gasteiger partial charge in [-0.2, -0.15) is 0 Å². The van der Waals surface area contributed by atoms with E-state index in [1.165, 1.54) is 4.31 Å². The molecule has 2 aromatic carbocycles. The van der Waals surface area contributed by atoms with Gasteiger partial charge in [0.2, 0.25) is 10.0 Å². The molecule has 4 nitrogen and oxygen atoms in total. The molecule has 19 heavy (non-hydrogen) atoms. The van der Waals surface area contributed by atoms with Crippen LogP contribution in [-0.2, 0) is 15.8 Å². The summed E-state index contributed by atoms with van der Waals surface area (Å²) in [6.45, 7) is 0. The van der Waals surface area contributed by atoms with E-state index in [1.807, 2.05) is 6.07 Å². The second-order valence-corrected chi connectivity index (χ2v) is 6.26. The van der Waals surface area contributed by atoms with Gasteiger partial charge in [0.15, 0.2) is 0 Å². The fourth-order valence-corrected chi connectivity index (χ4v) is 3.05. The molecule has 0 radical (unpaired) electrons. The summed E-state index contributed by atoms with van der Waals surface area (Å²) in [4.78, 5) is 0. The zero-order valence-electron chi connectivity index (χ0n) is 10.7. The lowest BCUT2D eigenvalue weighted by atomic mass is 10.2. The van der Waals surface area contributed by atoms with Crippen LogP contribution in [0.15, 0.2) is 54.6 Å². The van der Waals surface area contributed by atoms with Crippen molar-refractivity contribution in [1.82, 2.24) is 0 Å². The topological polar surface area (TPSA) is 63.4 Å². The van der Waals surface area contributed by atoms with Gasteiger partial charge in [-0.15, -0.1) is 0 Å². The van der Waals surface area contributed by atoms with Crippen LogP contribution in [0.5, 0.6) is 0 Å². The minimum Gasteiger partial charge on any atom is -0.398 e. The van der Waals surface area contributed by atoms with E-state index in [2.05, 4.69) is 0 Å². The Morgan fingerprint density at radius 1 is 1.00 bits per heavy atom. The van der Waals surface area contributed by atoms with Crippen molar-refractivity contribution in [2.24, 2.45) is 0 Å². The maximum Gasteiger partial charge on any atom is 0.239 e. The largest absolute Gasteiger partial charge is 0.398 e. The molecule has 2 rings (SSSR count). The summed E-state index contributed by atoms with van der Waals surface area (Å²) < 4.78 is 25.9. The third-order valence-electron chi connectivity index (χ3n) is 2.93. The number of hydrogen-bond donors (Lipinski definition) is 1. The average Bonchev–Trinajstić information content (AvgIpc) is 2.41. The lowest BCUT2D eigenvalue weighted by Crippen LogP contribution is -2.28. The van der Waals surface area contributed by atoms with Gasteiger partial charge >= 0.3 is 0 Å². The first-order chi connectivity index (χ1) is 9.00. The number of benzene rings is 2. The minimum atomic E-state index is -3.44. The van der Waals surface area contributed by atoms with Crippen molar-refractivity contribution < 1.29 is 8.42 Å². The van der Waals surface area contributed by atoms with Crippen LogP contribution in [0.2, 0.25) is 0 Å². The molecule has 0 unspecified atom stereocenters. The van der Waals surface area contributed by atoms with Gasteiger partial charge < -0.3 is 5.73 Å². The van der Waals surface area contributed by atoms with Gasteiger partial charge in [0.1, 0.15) is 0 Å². The van der Waals surface area contributed by atoms with Crippen LogP contribution < -0.4 is 10.0 Å². The number of nitrogen functional groups attached to an aromatic ring is 1. The number of anilines is 2. The molecule has 0 aliphatic heterocycles.